The van der Waals surface area contributed by atoms with Gasteiger partial charge < -0.3 is 5.32 Å². The van der Waals surface area contributed by atoms with Crippen molar-refractivity contribution >= 4 is 37.4 Å². The standard InChI is InChI=1S/C13H13BrF3NS/c1-2-18-11(6-13(15,16)17)9-7-19-12-8(9)4-3-5-10(12)14/h3-5,7,11,18H,2,6H2,1H3. The van der Waals surface area contributed by atoms with Crippen molar-refractivity contribution in [3.63, 3.8) is 0 Å². The van der Waals surface area contributed by atoms with Crippen LogP contribution >= 0.6 is 27.3 Å². The van der Waals surface area contributed by atoms with Gasteiger partial charge in [-0.2, -0.15) is 13.2 Å². The molecule has 2 rings (SSSR count). The lowest BCUT2D eigenvalue weighted by Gasteiger charge is -2.19. The molecule has 2 aromatic rings. The third-order valence-electron chi connectivity index (χ3n) is 2.84. The van der Waals surface area contributed by atoms with Crippen molar-refractivity contribution in [1.82, 2.24) is 5.32 Å². The van der Waals surface area contributed by atoms with E-state index in [2.05, 4.69) is 21.2 Å². The highest BCUT2D eigenvalue weighted by Gasteiger charge is 2.33. The second-order valence-electron chi connectivity index (χ2n) is 4.24. The van der Waals surface area contributed by atoms with Crippen molar-refractivity contribution in [2.45, 2.75) is 25.6 Å². The van der Waals surface area contributed by atoms with Crippen LogP contribution in [-0.4, -0.2) is 12.7 Å². The van der Waals surface area contributed by atoms with E-state index in [0.717, 1.165) is 20.1 Å². The zero-order valence-corrected chi connectivity index (χ0v) is 12.6. The molecule has 1 heterocycles. The smallest absolute Gasteiger partial charge is 0.310 e. The average molecular weight is 352 g/mol. The van der Waals surface area contributed by atoms with Crippen molar-refractivity contribution < 1.29 is 13.2 Å². The predicted octanol–water partition coefficient (Wildman–Crippen LogP) is 5.27. The van der Waals surface area contributed by atoms with Crippen LogP contribution in [0.1, 0.15) is 24.9 Å². The Bertz CT molecular complexity index is 565. The number of benzene rings is 1. The van der Waals surface area contributed by atoms with E-state index in [4.69, 9.17) is 0 Å². The van der Waals surface area contributed by atoms with E-state index in [0.29, 0.717) is 6.54 Å². The quantitative estimate of drug-likeness (QED) is 0.791. The summed E-state index contributed by atoms with van der Waals surface area (Å²) in [7, 11) is 0. The topological polar surface area (TPSA) is 12.0 Å². The SMILES string of the molecule is CCNC(CC(F)(F)F)c1csc2c(Br)cccc12. The molecule has 0 radical (unpaired) electrons. The van der Waals surface area contributed by atoms with E-state index in [1.165, 1.54) is 11.3 Å². The van der Waals surface area contributed by atoms with Crippen LogP contribution in [0.2, 0.25) is 0 Å². The minimum Gasteiger partial charge on any atom is -0.310 e. The molecule has 1 nitrogen and oxygen atoms in total. The second-order valence-corrected chi connectivity index (χ2v) is 5.97. The maximum Gasteiger partial charge on any atom is 0.390 e. The van der Waals surface area contributed by atoms with Crippen molar-refractivity contribution in [3.8, 4) is 0 Å². The van der Waals surface area contributed by atoms with Gasteiger partial charge >= 0.3 is 6.18 Å². The van der Waals surface area contributed by atoms with E-state index in [1.54, 1.807) is 0 Å². The second kappa shape index (κ2) is 5.81. The van der Waals surface area contributed by atoms with Gasteiger partial charge in [-0.05, 0) is 44.9 Å². The molecule has 0 saturated carbocycles. The van der Waals surface area contributed by atoms with Crippen LogP contribution in [0.5, 0.6) is 0 Å². The largest absolute Gasteiger partial charge is 0.390 e. The minimum absolute atomic E-state index is 0.506. The first kappa shape index (κ1) is 14.8. The minimum atomic E-state index is -4.17. The molecule has 0 aliphatic carbocycles. The first-order valence-electron chi connectivity index (χ1n) is 5.88. The van der Waals surface area contributed by atoms with Crippen molar-refractivity contribution in [3.05, 3.63) is 33.6 Å². The Kier molecular flexibility index (Phi) is 4.53. The molecule has 0 aliphatic heterocycles. The first-order valence-corrected chi connectivity index (χ1v) is 7.55. The third-order valence-corrected chi connectivity index (χ3v) is 4.81. The molecule has 0 aliphatic rings. The molecule has 1 aromatic carbocycles. The Labute approximate surface area is 121 Å². The van der Waals surface area contributed by atoms with Gasteiger partial charge in [-0.15, -0.1) is 11.3 Å². The predicted molar refractivity (Wildman–Crippen MR) is 76.6 cm³/mol. The molecule has 1 N–H and O–H groups in total. The molecule has 1 aromatic heterocycles. The summed E-state index contributed by atoms with van der Waals surface area (Å²) in [4.78, 5) is 0. The zero-order valence-electron chi connectivity index (χ0n) is 10.2. The highest BCUT2D eigenvalue weighted by Crippen LogP contribution is 2.38. The molecular formula is C13H13BrF3NS. The number of alkyl halides is 3. The summed E-state index contributed by atoms with van der Waals surface area (Å²) in [6.07, 6.45) is -5.02. The van der Waals surface area contributed by atoms with E-state index in [9.17, 15) is 13.2 Å². The number of fused-ring (bicyclic) bond motifs is 1. The summed E-state index contributed by atoms with van der Waals surface area (Å²) >= 11 is 4.89. The van der Waals surface area contributed by atoms with Gasteiger partial charge in [0.2, 0.25) is 0 Å². The van der Waals surface area contributed by atoms with Crippen LogP contribution in [0.25, 0.3) is 10.1 Å². The monoisotopic (exact) mass is 351 g/mol. The molecular weight excluding hydrogens is 339 g/mol. The van der Waals surface area contributed by atoms with Gasteiger partial charge in [0, 0.05) is 15.2 Å². The molecule has 1 atom stereocenters. The van der Waals surface area contributed by atoms with Crippen molar-refractivity contribution in [1.29, 1.82) is 0 Å². The Morgan fingerprint density at radius 1 is 1.37 bits per heavy atom. The molecule has 19 heavy (non-hydrogen) atoms. The molecule has 0 saturated heterocycles. The first-order chi connectivity index (χ1) is 8.92. The Morgan fingerprint density at radius 2 is 2.11 bits per heavy atom. The summed E-state index contributed by atoms with van der Waals surface area (Å²) in [5.74, 6) is 0. The molecule has 104 valence electrons. The molecule has 0 fully saturated rings. The van der Waals surface area contributed by atoms with E-state index in [-0.39, 0.29) is 0 Å². The van der Waals surface area contributed by atoms with Gasteiger partial charge in [0.05, 0.1) is 6.42 Å². The van der Waals surface area contributed by atoms with Crippen molar-refractivity contribution in [2.24, 2.45) is 0 Å². The fourth-order valence-electron chi connectivity index (χ4n) is 2.08. The number of hydrogen-bond acceptors (Lipinski definition) is 2. The van der Waals surface area contributed by atoms with Gasteiger partial charge in [-0.1, -0.05) is 19.1 Å². The van der Waals surface area contributed by atoms with Crippen molar-refractivity contribution in [2.75, 3.05) is 6.54 Å². The van der Waals surface area contributed by atoms with Crippen LogP contribution in [-0.2, 0) is 0 Å². The summed E-state index contributed by atoms with van der Waals surface area (Å²) < 4.78 is 39.9. The number of hydrogen-bond donors (Lipinski definition) is 1. The fraction of sp³-hybridized carbons (Fsp3) is 0.385. The van der Waals surface area contributed by atoms with Crippen LogP contribution in [0.15, 0.2) is 28.1 Å². The number of halogens is 4. The maximum atomic E-state index is 12.7. The highest BCUT2D eigenvalue weighted by molar-refractivity contribution is 9.10. The third kappa shape index (κ3) is 3.49. The highest BCUT2D eigenvalue weighted by atomic mass is 79.9. The number of thiophene rings is 1. The lowest BCUT2D eigenvalue weighted by molar-refractivity contribution is -0.140. The van der Waals surface area contributed by atoms with Gasteiger partial charge in [0.25, 0.3) is 0 Å². The maximum absolute atomic E-state index is 12.7. The fourth-order valence-corrected chi connectivity index (χ4v) is 3.76. The van der Waals surface area contributed by atoms with Gasteiger partial charge in [-0.3, -0.25) is 0 Å². The molecule has 0 amide bonds. The summed E-state index contributed by atoms with van der Waals surface area (Å²) in [5, 5.41) is 5.62. The van der Waals surface area contributed by atoms with Crippen LogP contribution in [0, 0.1) is 0 Å². The number of rotatable bonds is 4. The van der Waals surface area contributed by atoms with Crippen LogP contribution in [0.3, 0.4) is 0 Å². The van der Waals surface area contributed by atoms with E-state index >= 15 is 0 Å². The van der Waals surface area contributed by atoms with E-state index < -0.39 is 18.6 Å². The van der Waals surface area contributed by atoms with Crippen LogP contribution < -0.4 is 5.32 Å². The molecule has 1 unspecified atom stereocenters. The lowest BCUT2D eigenvalue weighted by Crippen LogP contribution is -2.26. The zero-order chi connectivity index (χ0) is 14.0. The Balaban J connectivity index is 2.42. The van der Waals surface area contributed by atoms with Gasteiger partial charge in [0.15, 0.2) is 0 Å². The summed E-state index contributed by atoms with van der Waals surface area (Å²) in [5.41, 5.74) is 0.723. The molecule has 0 bridgehead atoms. The summed E-state index contributed by atoms with van der Waals surface area (Å²) in [6, 6.07) is 4.92. The normalized spacial score (nSPS) is 13.9. The van der Waals surface area contributed by atoms with Gasteiger partial charge in [-0.25, -0.2) is 0 Å². The van der Waals surface area contributed by atoms with Crippen LogP contribution in [0.4, 0.5) is 13.2 Å². The molecule has 6 heteroatoms. The molecule has 0 spiro atoms. The number of nitrogens with one attached hydrogen (secondary N) is 1. The Hall–Kier alpha value is -0.590. The lowest BCUT2D eigenvalue weighted by atomic mass is 10.0. The average Bonchev–Trinajstić information content (AvgIpc) is 2.72. The Morgan fingerprint density at radius 3 is 2.74 bits per heavy atom. The summed E-state index contributed by atoms with van der Waals surface area (Å²) in [6.45, 7) is 2.32. The van der Waals surface area contributed by atoms with E-state index in [1.807, 2.05) is 30.5 Å². The van der Waals surface area contributed by atoms with Gasteiger partial charge in [0.1, 0.15) is 0 Å².